The summed E-state index contributed by atoms with van der Waals surface area (Å²) >= 11 is 7.51. The van der Waals surface area contributed by atoms with Gasteiger partial charge in [0.15, 0.2) is 0 Å². The summed E-state index contributed by atoms with van der Waals surface area (Å²) in [6, 6.07) is 5.65. The number of halogens is 1. The fourth-order valence-electron chi connectivity index (χ4n) is 2.08. The Morgan fingerprint density at radius 3 is 2.95 bits per heavy atom. The highest BCUT2D eigenvalue weighted by atomic mass is 35.5. The summed E-state index contributed by atoms with van der Waals surface area (Å²) in [7, 11) is 3.68. The second-order valence-corrected chi connectivity index (χ2v) is 6.19. The van der Waals surface area contributed by atoms with Crippen LogP contribution in [0, 0.1) is 0 Å². The van der Waals surface area contributed by atoms with Crippen molar-refractivity contribution in [3.05, 3.63) is 34.6 Å². The van der Waals surface area contributed by atoms with Gasteiger partial charge < -0.3 is 9.64 Å². The Bertz CT molecular complexity index is 612. The number of nitrogens with zero attached hydrogens (tertiary/aromatic N) is 3. The van der Waals surface area contributed by atoms with Gasteiger partial charge in [0.25, 0.3) is 0 Å². The van der Waals surface area contributed by atoms with Gasteiger partial charge in [0.1, 0.15) is 11.6 Å². The molecule has 0 spiro atoms. The quantitative estimate of drug-likeness (QED) is 0.844. The maximum atomic E-state index is 6.06. The summed E-state index contributed by atoms with van der Waals surface area (Å²) in [6.07, 6.45) is 2.45. The smallest absolute Gasteiger partial charge is 0.205 e. The first-order valence-corrected chi connectivity index (χ1v) is 7.69. The number of anilines is 1. The van der Waals surface area contributed by atoms with E-state index in [9.17, 15) is 0 Å². The summed E-state index contributed by atoms with van der Waals surface area (Å²) in [6.45, 7) is 0.697. The van der Waals surface area contributed by atoms with Crippen LogP contribution in [0.25, 0.3) is 0 Å². The van der Waals surface area contributed by atoms with Crippen LogP contribution < -0.4 is 9.64 Å². The number of ether oxygens (including phenoxy) is 1. The molecule has 3 rings (SSSR count). The van der Waals surface area contributed by atoms with Gasteiger partial charge in [0.05, 0.1) is 7.11 Å². The SMILES string of the molecule is COc1ccc(Cl)cc1CN(C)c1nc(C2CC2)ns1. The van der Waals surface area contributed by atoms with E-state index in [1.54, 1.807) is 7.11 Å². The van der Waals surface area contributed by atoms with Crippen molar-refractivity contribution in [1.82, 2.24) is 9.36 Å². The largest absolute Gasteiger partial charge is 0.496 e. The number of methoxy groups -OCH3 is 1. The molecule has 1 aliphatic rings. The van der Waals surface area contributed by atoms with Crippen LogP contribution in [-0.2, 0) is 6.54 Å². The van der Waals surface area contributed by atoms with Crippen LogP contribution in [0.1, 0.15) is 30.1 Å². The molecule has 1 fully saturated rings. The molecule has 6 heteroatoms. The second-order valence-electron chi connectivity index (χ2n) is 5.02. The number of rotatable bonds is 5. The van der Waals surface area contributed by atoms with Gasteiger partial charge >= 0.3 is 0 Å². The molecule has 0 bridgehead atoms. The predicted octanol–water partition coefficient (Wildman–Crippen LogP) is 3.71. The molecule has 1 aliphatic carbocycles. The van der Waals surface area contributed by atoms with Crippen LogP contribution in [0.3, 0.4) is 0 Å². The van der Waals surface area contributed by atoms with E-state index in [-0.39, 0.29) is 0 Å². The van der Waals surface area contributed by atoms with Crippen molar-refractivity contribution in [1.29, 1.82) is 0 Å². The van der Waals surface area contributed by atoms with Crippen molar-refractivity contribution in [2.24, 2.45) is 0 Å². The molecular weight excluding hydrogens is 294 g/mol. The van der Waals surface area contributed by atoms with Crippen molar-refractivity contribution in [3.8, 4) is 5.75 Å². The zero-order valence-electron chi connectivity index (χ0n) is 11.5. The molecule has 0 amide bonds. The number of benzene rings is 1. The lowest BCUT2D eigenvalue weighted by atomic mass is 10.2. The lowest BCUT2D eigenvalue weighted by Gasteiger charge is -2.17. The molecule has 0 saturated heterocycles. The van der Waals surface area contributed by atoms with Gasteiger partial charge in [-0.1, -0.05) is 11.6 Å². The summed E-state index contributed by atoms with van der Waals surface area (Å²) in [5, 5.41) is 1.65. The zero-order chi connectivity index (χ0) is 14.1. The summed E-state index contributed by atoms with van der Waals surface area (Å²) in [4.78, 5) is 6.69. The van der Waals surface area contributed by atoms with E-state index in [1.807, 2.05) is 25.2 Å². The van der Waals surface area contributed by atoms with Crippen LogP contribution in [-0.4, -0.2) is 23.5 Å². The van der Waals surface area contributed by atoms with Crippen molar-refractivity contribution in [3.63, 3.8) is 0 Å². The average molecular weight is 310 g/mol. The molecule has 4 nitrogen and oxygen atoms in total. The number of hydrogen-bond acceptors (Lipinski definition) is 5. The standard InChI is InChI=1S/C14H16ClN3OS/c1-18(14-16-13(17-20-14)9-3-4-9)8-10-7-11(15)5-6-12(10)19-2/h5-7,9H,3-4,8H2,1-2H3. The summed E-state index contributed by atoms with van der Waals surface area (Å²) < 4.78 is 9.81. The molecule has 0 radical (unpaired) electrons. The van der Waals surface area contributed by atoms with E-state index in [2.05, 4.69) is 14.3 Å². The lowest BCUT2D eigenvalue weighted by Crippen LogP contribution is -2.16. The molecule has 20 heavy (non-hydrogen) atoms. The fourth-order valence-corrected chi connectivity index (χ4v) is 2.98. The summed E-state index contributed by atoms with van der Waals surface area (Å²) in [5.74, 6) is 2.43. The molecule has 1 heterocycles. The Kier molecular flexibility index (Phi) is 3.81. The van der Waals surface area contributed by atoms with Gasteiger partial charge in [-0.3, -0.25) is 0 Å². The minimum Gasteiger partial charge on any atom is -0.496 e. The van der Waals surface area contributed by atoms with Gasteiger partial charge in [-0.15, -0.1) is 0 Å². The Labute approximate surface area is 127 Å². The number of hydrogen-bond donors (Lipinski definition) is 0. The van der Waals surface area contributed by atoms with Gasteiger partial charge in [0, 0.05) is 41.6 Å². The average Bonchev–Trinajstić information content (AvgIpc) is 3.16. The van der Waals surface area contributed by atoms with Crippen LogP contribution in [0.4, 0.5) is 5.13 Å². The van der Waals surface area contributed by atoms with Gasteiger partial charge in [0.2, 0.25) is 5.13 Å². The lowest BCUT2D eigenvalue weighted by molar-refractivity contribution is 0.409. The molecule has 0 N–H and O–H groups in total. The zero-order valence-corrected chi connectivity index (χ0v) is 13.0. The summed E-state index contributed by atoms with van der Waals surface area (Å²) in [5.41, 5.74) is 1.05. The molecular formula is C14H16ClN3OS. The van der Waals surface area contributed by atoms with E-state index in [0.29, 0.717) is 17.5 Å². The molecule has 2 aromatic rings. The highest BCUT2D eigenvalue weighted by Gasteiger charge is 2.28. The molecule has 1 saturated carbocycles. The second kappa shape index (κ2) is 5.58. The highest BCUT2D eigenvalue weighted by Crippen LogP contribution is 2.39. The minimum atomic E-state index is 0.592. The van der Waals surface area contributed by atoms with Gasteiger partial charge in [-0.2, -0.15) is 4.37 Å². The normalized spacial score (nSPS) is 14.3. The van der Waals surface area contributed by atoms with Gasteiger partial charge in [-0.25, -0.2) is 4.98 Å². The minimum absolute atomic E-state index is 0.592. The van der Waals surface area contributed by atoms with E-state index in [1.165, 1.54) is 24.4 Å². The third-order valence-electron chi connectivity index (χ3n) is 3.35. The van der Waals surface area contributed by atoms with Crippen molar-refractivity contribution < 1.29 is 4.74 Å². The van der Waals surface area contributed by atoms with E-state index >= 15 is 0 Å². The molecule has 106 valence electrons. The molecule has 0 aliphatic heterocycles. The Hall–Kier alpha value is -1.33. The first-order valence-electron chi connectivity index (χ1n) is 6.54. The van der Waals surface area contributed by atoms with Gasteiger partial charge in [-0.05, 0) is 31.0 Å². The van der Waals surface area contributed by atoms with Crippen LogP contribution >= 0.6 is 23.1 Å². The Morgan fingerprint density at radius 1 is 1.45 bits per heavy atom. The molecule has 1 aromatic carbocycles. The monoisotopic (exact) mass is 309 g/mol. The van der Waals surface area contributed by atoms with Crippen LogP contribution in [0.2, 0.25) is 5.02 Å². The fraction of sp³-hybridized carbons (Fsp3) is 0.429. The van der Waals surface area contributed by atoms with Crippen molar-refractivity contribution in [2.75, 3.05) is 19.1 Å². The van der Waals surface area contributed by atoms with Crippen LogP contribution in [0.15, 0.2) is 18.2 Å². The van der Waals surface area contributed by atoms with E-state index in [0.717, 1.165) is 22.3 Å². The molecule has 1 aromatic heterocycles. The molecule has 0 atom stereocenters. The Balaban J connectivity index is 1.77. The van der Waals surface area contributed by atoms with Crippen molar-refractivity contribution >= 4 is 28.3 Å². The highest BCUT2D eigenvalue weighted by molar-refractivity contribution is 7.09. The van der Waals surface area contributed by atoms with E-state index < -0.39 is 0 Å². The topological polar surface area (TPSA) is 38.2 Å². The maximum absolute atomic E-state index is 6.06. The van der Waals surface area contributed by atoms with Crippen LogP contribution in [0.5, 0.6) is 5.75 Å². The van der Waals surface area contributed by atoms with E-state index in [4.69, 9.17) is 16.3 Å². The van der Waals surface area contributed by atoms with Crippen molar-refractivity contribution in [2.45, 2.75) is 25.3 Å². The maximum Gasteiger partial charge on any atom is 0.205 e. The third kappa shape index (κ3) is 2.88. The first kappa shape index (κ1) is 13.6. The first-order chi connectivity index (χ1) is 9.67. The Morgan fingerprint density at radius 2 is 2.25 bits per heavy atom. The molecule has 0 unspecified atom stereocenters. The predicted molar refractivity (Wildman–Crippen MR) is 82.0 cm³/mol. The number of aromatic nitrogens is 2. The third-order valence-corrected chi connectivity index (χ3v) is 4.43.